The number of carbonyl (C=O) groups is 2. The molecule has 51 heavy (non-hydrogen) atoms. The summed E-state index contributed by atoms with van der Waals surface area (Å²) < 4.78 is 43.1. The summed E-state index contributed by atoms with van der Waals surface area (Å²) >= 11 is 0. The number of esters is 1. The third-order valence-corrected chi connectivity index (χ3v) is 10.2. The molecule has 4 aromatic rings. The number of nitrogens with one attached hydrogen (secondary N) is 2. The number of hydrogen-bond donors (Lipinski definition) is 2. The number of halogens is 1. The van der Waals surface area contributed by atoms with Gasteiger partial charge in [-0.1, -0.05) is 56.3 Å². The number of sulfonamides is 1. The summed E-state index contributed by atoms with van der Waals surface area (Å²) in [5.41, 5.74) is 4.25. The van der Waals surface area contributed by atoms with Gasteiger partial charge in [0.15, 0.2) is 0 Å². The van der Waals surface area contributed by atoms with Gasteiger partial charge in [0, 0.05) is 28.4 Å². The van der Waals surface area contributed by atoms with Crippen molar-refractivity contribution in [1.82, 2.24) is 19.7 Å². The first-order valence-corrected chi connectivity index (χ1v) is 19.2. The molecule has 1 heterocycles. The predicted molar refractivity (Wildman–Crippen MR) is 199 cm³/mol. The minimum Gasteiger partial charge on any atom is -0.462 e. The van der Waals surface area contributed by atoms with Gasteiger partial charge in [0.1, 0.15) is 23.3 Å². The lowest BCUT2D eigenvalue weighted by Crippen LogP contribution is -2.32. The van der Waals surface area contributed by atoms with E-state index in [9.17, 15) is 22.4 Å². The van der Waals surface area contributed by atoms with Crippen LogP contribution in [0, 0.1) is 11.7 Å². The molecule has 0 saturated heterocycles. The lowest BCUT2D eigenvalue weighted by molar-refractivity contribution is -0.152. The van der Waals surface area contributed by atoms with Gasteiger partial charge in [-0.3, -0.25) is 9.59 Å². The van der Waals surface area contributed by atoms with Crippen LogP contribution in [0.3, 0.4) is 0 Å². The lowest BCUT2D eigenvalue weighted by Gasteiger charge is -2.12. The van der Waals surface area contributed by atoms with E-state index < -0.39 is 10.0 Å². The van der Waals surface area contributed by atoms with Crippen molar-refractivity contribution in [2.24, 2.45) is 5.92 Å². The Morgan fingerprint density at radius 1 is 0.804 bits per heavy atom. The fourth-order valence-corrected chi connectivity index (χ4v) is 6.80. The van der Waals surface area contributed by atoms with E-state index in [4.69, 9.17) is 4.74 Å². The molecular weight excluding hydrogens is 670 g/mol. The number of benzene rings is 3. The minimum atomic E-state index is -2.94. The highest BCUT2D eigenvalue weighted by atomic mass is 32.2. The van der Waals surface area contributed by atoms with Gasteiger partial charge in [0.25, 0.3) is 5.91 Å². The molecule has 2 N–H and O–H groups in total. The van der Waals surface area contributed by atoms with Gasteiger partial charge in [0.05, 0.1) is 17.2 Å². The van der Waals surface area contributed by atoms with Crippen molar-refractivity contribution in [1.29, 1.82) is 0 Å². The molecule has 2 fully saturated rings. The predicted octanol–water partition coefficient (Wildman–Crippen LogP) is 8.19. The first-order chi connectivity index (χ1) is 24.2. The average molecular weight is 720 g/mol. The Morgan fingerprint density at radius 2 is 1.39 bits per heavy atom. The number of anilines is 1. The van der Waals surface area contributed by atoms with Crippen LogP contribution in [0.5, 0.6) is 0 Å². The van der Waals surface area contributed by atoms with Crippen molar-refractivity contribution < 1.29 is 27.1 Å². The number of rotatable bonds is 10. The fraction of sp³-hybridized carbons (Fsp3) is 0.436. The van der Waals surface area contributed by atoms with E-state index in [0.29, 0.717) is 16.9 Å². The maximum atomic E-state index is 13.1. The summed E-state index contributed by atoms with van der Waals surface area (Å²) in [6.45, 7) is 11.4. The van der Waals surface area contributed by atoms with Crippen molar-refractivity contribution in [2.45, 2.75) is 104 Å². The van der Waals surface area contributed by atoms with Crippen molar-refractivity contribution in [3.05, 3.63) is 90.2 Å². The Morgan fingerprint density at radius 3 is 1.94 bits per heavy atom. The van der Waals surface area contributed by atoms with Crippen LogP contribution >= 0.6 is 0 Å². The highest BCUT2D eigenvalue weighted by Crippen LogP contribution is 2.31. The first kappa shape index (κ1) is 39.4. The Balaban J connectivity index is 0.000000226. The molecule has 2 saturated carbocycles. The zero-order valence-corrected chi connectivity index (χ0v) is 31.1. The van der Waals surface area contributed by atoms with Crippen LogP contribution in [-0.2, 0) is 19.6 Å². The van der Waals surface area contributed by atoms with E-state index in [0.717, 1.165) is 42.5 Å². The molecule has 0 unspecified atom stereocenters. The van der Waals surface area contributed by atoms with Gasteiger partial charge in [-0.25, -0.2) is 17.5 Å². The summed E-state index contributed by atoms with van der Waals surface area (Å²) in [7, 11) is -2.94. The summed E-state index contributed by atoms with van der Waals surface area (Å²) in [4.78, 5) is 25.5. The molecule has 3 aromatic carbocycles. The van der Waals surface area contributed by atoms with Gasteiger partial charge in [0.2, 0.25) is 10.0 Å². The second-order valence-corrected chi connectivity index (χ2v) is 15.7. The van der Waals surface area contributed by atoms with E-state index in [1.54, 1.807) is 16.9 Å². The van der Waals surface area contributed by atoms with Crippen LogP contribution in [0.1, 0.15) is 96.5 Å². The van der Waals surface area contributed by atoms with Crippen molar-refractivity contribution in [3.63, 3.8) is 0 Å². The van der Waals surface area contributed by atoms with E-state index >= 15 is 0 Å². The van der Waals surface area contributed by atoms with E-state index in [1.807, 2.05) is 84.0 Å². The topological polar surface area (TPSA) is 132 Å². The molecular formula is C39H50FN5O5S. The Labute approximate surface area is 301 Å². The van der Waals surface area contributed by atoms with Crippen LogP contribution in [0.15, 0.2) is 78.9 Å². The summed E-state index contributed by atoms with van der Waals surface area (Å²) in [6, 6.07) is 22.9. The van der Waals surface area contributed by atoms with Gasteiger partial charge >= 0.3 is 5.97 Å². The van der Waals surface area contributed by atoms with Crippen molar-refractivity contribution >= 4 is 27.6 Å². The molecule has 2 aliphatic rings. The maximum absolute atomic E-state index is 13.1. The molecule has 0 spiro atoms. The van der Waals surface area contributed by atoms with Gasteiger partial charge in [-0.2, -0.15) is 15.0 Å². The van der Waals surface area contributed by atoms with Crippen LogP contribution in [-0.4, -0.2) is 52.7 Å². The standard InChI is InChI=1S/C24H21FN4O.C9H16O2.C6H13NO2S/c1-16(2)29-27-22(17-7-4-3-5-8-17)23(28-29)18-9-6-10-19(15-18)24(30)26-21-13-11-20(25)12-14-21;1-7(2)9(10)11-8-5-3-4-6-8;1-5(2)7-10(8,9)6-3-4-6/h3-16H,1-2H3,(H,26,30);7-8H,3-6H2,1-2H3;5-7H,3-4H2,1-2H3. The smallest absolute Gasteiger partial charge is 0.308 e. The second kappa shape index (κ2) is 18.2. The molecule has 0 radical (unpaired) electrons. The summed E-state index contributed by atoms with van der Waals surface area (Å²) in [5, 5.41) is 12.1. The fourth-order valence-electron chi connectivity index (χ4n) is 5.19. The van der Waals surface area contributed by atoms with Gasteiger partial charge in [-0.15, -0.1) is 0 Å². The van der Waals surface area contributed by atoms with Gasteiger partial charge in [-0.05, 0) is 103 Å². The molecule has 2 aliphatic carbocycles. The number of carbonyl (C=O) groups excluding carboxylic acids is 2. The Bertz CT molecular complexity index is 1830. The zero-order valence-electron chi connectivity index (χ0n) is 30.3. The molecule has 1 amide bonds. The number of nitrogens with zero attached hydrogens (tertiary/aromatic N) is 3. The third-order valence-electron chi connectivity index (χ3n) is 8.06. The van der Waals surface area contributed by atoms with Crippen LogP contribution in [0.25, 0.3) is 22.5 Å². The number of amides is 1. The number of hydrogen-bond acceptors (Lipinski definition) is 7. The first-order valence-electron chi connectivity index (χ1n) is 17.6. The van der Waals surface area contributed by atoms with Crippen molar-refractivity contribution in [2.75, 3.05) is 5.32 Å². The Kier molecular flexibility index (Phi) is 14.0. The quantitative estimate of drug-likeness (QED) is 0.158. The minimum absolute atomic E-state index is 0.0237. The number of aromatic nitrogens is 3. The summed E-state index contributed by atoms with van der Waals surface area (Å²) in [6.07, 6.45) is 6.47. The van der Waals surface area contributed by atoms with E-state index in [2.05, 4.69) is 20.2 Å². The molecule has 1 aromatic heterocycles. The van der Waals surface area contributed by atoms with E-state index in [-0.39, 0.29) is 47.0 Å². The van der Waals surface area contributed by atoms with Gasteiger partial charge < -0.3 is 10.1 Å². The van der Waals surface area contributed by atoms with E-state index in [1.165, 1.54) is 37.1 Å². The third kappa shape index (κ3) is 12.1. The molecule has 0 aliphatic heterocycles. The normalized spacial score (nSPS) is 14.5. The van der Waals surface area contributed by atoms with Crippen LogP contribution in [0.2, 0.25) is 0 Å². The SMILES string of the molecule is CC(C)C(=O)OC1CCCC1.CC(C)NS(=O)(=O)C1CC1.CC(C)n1nc(-c2ccccc2)c(-c2cccc(C(=O)Nc3ccc(F)cc3)c2)n1. The van der Waals surface area contributed by atoms with Crippen molar-refractivity contribution in [3.8, 4) is 22.5 Å². The maximum Gasteiger partial charge on any atom is 0.308 e. The monoisotopic (exact) mass is 719 g/mol. The molecule has 10 nitrogen and oxygen atoms in total. The highest BCUT2D eigenvalue weighted by Gasteiger charge is 2.35. The molecule has 6 rings (SSSR count). The molecule has 12 heteroatoms. The molecule has 0 atom stereocenters. The average Bonchev–Trinajstić information content (AvgIpc) is 3.67. The molecule has 274 valence electrons. The largest absolute Gasteiger partial charge is 0.462 e. The van der Waals surface area contributed by atoms with Crippen LogP contribution < -0.4 is 10.0 Å². The zero-order chi connectivity index (χ0) is 37.1. The summed E-state index contributed by atoms with van der Waals surface area (Å²) in [5.74, 6) is -0.648. The highest BCUT2D eigenvalue weighted by molar-refractivity contribution is 7.90. The van der Waals surface area contributed by atoms with Crippen LogP contribution in [0.4, 0.5) is 10.1 Å². The lowest BCUT2D eigenvalue weighted by atomic mass is 10.0. The molecule has 0 bridgehead atoms. The second-order valence-electron chi connectivity index (χ2n) is 13.7. The Hall–Kier alpha value is -4.42. The number of ether oxygens (including phenoxy) is 1.